The van der Waals surface area contributed by atoms with Crippen LogP contribution in [0.4, 0.5) is 0 Å². The minimum absolute atomic E-state index is 1.00. The molecule has 256 valence electrons. The Morgan fingerprint density at radius 1 is 0.455 bits per heavy atom. The molecule has 44 heavy (non-hydrogen) atoms. The lowest BCUT2D eigenvalue weighted by Crippen LogP contribution is -2.33. The summed E-state index contributed by atoms with van der Waals surface area (Å²) in [4.78, 5) is 2.55. The monoisotopic (exact) mass is 610 g/mol. The maximum absolute atomic E-state index is 2.55. The highest BCUT2D eigenvalue weighted by atomic mass is 15.1. The van der Waals surface area contributed by atoms with Crippen LogP contribution < -0.4 is 0 Å². The molecule has 1 heterocycles. The minimum Gasteiger partial charge on any atom is -0.306 e. The van der Waals surface area contributed by atoms with E-state index >= 15 is 0 Å². The standard InChI is InChI=1S/C43H79N/c1-4-6-8-10-12-14-16-18-20-22-24-26-28-30-32-34-36-42(43-38-40-44(3)41-39-43)37-35-33-31-29-27-25-23-21-19-17-15-13-11-9-7-5-2/h12-15,18-21,42-43H,4-11,16-17,22-41H2,1-3H3/b14-12-,15-13-,20-18-,21-19-. The molecule has 0 N–H and O–H groups in total. The van der Waals surface area contributed by atoms with Crippen molar-refractivity contribution in [1.29, 1.82) is 0 Å². The normalized spacial score (nSPS) is 15.5. The zero-order chi connectivity index (χ0) is 31.6. The average Bonchev–Trinajstić information content (AvgIpc) is 3.03. The van der Waals surface area contributed by atoms with Gasteiger partial charge in [-0.1, -0.05) is 165 Å². The van der Waals surface area contributed by atoms with Gasteiger partial charge in [-0.2, -0.15) is 0 Å². The SMILES string of the molecule is CCCCC/C=C\C/C=C\CCCCCCCCC(CCCCCCCC/C=C\C/C=C\CCCCC)C1CCN(C)CC1. The van der Waals surface area contributed by atoms with Crippen LogP contribution in [0.3, 0.4) is 0 Å². The second kappa shape index (κ2) is 33.3. The summed E-state index contributed by atoms with van der Waals surface area (Å²) in [6.07, 6.45) is 57.6. The largest absolute Gasteiger partial charge is 0.306 e. The third-order valence-electron chi connectivity index (χ3n) is 9.98. The summed E-state index contributed by atoms with van der Waals surface area (Å²) in [5.41, 5.74) is 0. The van der Waals surface area contributed by atoms with Gasteiger partial charge >= 0.3 is 0 Å². The first-order valence-electron chi connectivity index (χ1n) is 20.1. The molecule has 0 unspecified atom stereocenters. The van der Waals surface area contributed by atoms with Crippen LogP contribution in [-0.2, 0) is 0 Å². The topological polar surface area (TPSA) is 3.24 Å². The van der Waals surface area contributed by atoms with Crippen LogP contribution in [0.5, 0.6) is 0 Å². The van der Waals surface area contributed by atoms with Crippen LogP contribution in [0, 0.1) is 11.8 Å². The lowest BCUT2D eigenvalue weighted by molar-refractivity contribution is 0.155. The highest BCUT2D eigenvalue weighted by Crippen LogP contribution is 2.32. The predicted octanol–water partition coefficient (Wildman–Crippen LogP) is 14.4. The fourth-order valence-corrected chi connectivity index (χ4v) is 6.91. The molecule has 1 aliphatic rings. The molecule has 0 aromatic rings. The van der Waals surface area contributed by atoms with E-state index in [2.05, 4.69) is 74.4 Å². The molecule has 1 saturated heterocycles. The van der Waals surface area contributed by atoms with Crippen molar-refractivity contribution in [3.63, 3.8) is 0 Å². The van der Waals surface area contributed by atoms with Crippen molar-refractivity contribution in [1.82, 2.24) is 4.90 Å². The van der Waals surface area contributed by atoms with Crippen LogP contribution in [-0.4, -0.2) is 25.0 Å². The number of nitrogens with zero attached hydrogens (tertiary/aromatic N) is 1. The van der Waals surface area contributed by atoms with Crippen molar-refractivity contribution < 1.29 is 0 Å². The number of hydrogen-bond donors (Lipinski definition) is 0. The van der Waals surface area contributed by atoms with E-state index in [-0.39, 0.29) is 0 Å². The molecule has 1 aliphatic heterocycles. The molecule has 0 amide bonds. The van der Waals surface area contributed by atoms with Crippen molar-refractivity contribution in [2.75, 3.05) is 20.1 Å². The van der Waals surface area contributed by atoms with Crippen LogP contribution in [0.25, 0.3) is 0 Å². The van der Waals surface area contributed by atoms with Gasteiger partial charge < -0.3 is 4.90 Å². The number of hydrogen-bond acceptors (Lipinski definition) is 1. The van der Waals surface area contributed by atoms with E-state index < -0.39 is 0 Å². The third-order valence-corrected chi connectivity index (χ3v) is 9.98. The zero-order valence-electron chi connectivity index (χ0n) is 30.4. The van der Waals surface area contributed by atoms with E-state index in [1.54, 1.807) is 0 Å². The zero-order valence-corrected chi connectivity index (χ0v) is 30.4. The number of allylic oxidation sites excluding steroid dienone is 8. The maximum atomic E-state index is 2.55. The Morgan fingerprint density at radius 2 is 0.795 bits per heavy atom. The Bertz CT molecular complexity index is 629. The molecule has 1 heteroatoms. The lowest BCUT2D eigenvalue weighted by atomic mass is 9.78. The summed E-state index contributed by atoms with van der Waals surface area (Å²) in [5.74, 6) is 2.00. The molecule has 0 spiro atoms. The lowest BCUT2D eigenvalue weighted by Gasteiger charge is -2.34. The number of unbranched alkanes of at least 4 members (excludes halogenated alkanes) is 18. The molecule has 0 aromatic carbocycles. The molecule has 1 fully saturated rings. The Kier molecular flexibility index (Phi) is 31.0. The second-order valence-corrected chi connectivity index (χ2v) is 14.1. The van der Waals surface area contributed by atoms with Gasteiger partial charge in [0.05, 0.1) is 0 Å². The molecular weight excluding hydrogens is 530 g/mol. The first-order valence-corrected chi connectivity index (χ1v) is 20.1. The molecule has 1 rings (SSSR count). The first kappa shape index (κ1) is 40.9. The van der Waals surface area contributed by atoms with Gasteiger partial charge in [-0.3, -0.25) is 0 Å². The Balaban J connectivity index is 2.06. The Labute approximate surface area is 278 Å². The summed E-state index contributed by atoms with van der Waals surface area (Å²) in [6, 6.07) is 0. The number of likely N-dealkylation sites (tertiary alicyclic amines) is 1. The van der Waals surface area contributed by atoms with Crippen LogP contribution in [0.2, 0.25) is 0 Å². The van der Waals surface area contributed by atoms with Gasteiger partial charge in [0.1, 0.15) is 0 Å². The number of rotatable bonds is 31. The van der Waals surface area contributed by atoms with Crippen molar-refractivity contribution in [3.05, 3.63) is 48.6 Å². The van der Waals surface area contributed by atoms with E-state index in [1.165, 1.54) is 180 Å². The highest BCUT2D eigenvalue weighted by molar-refractivity contribution is 4.93. The van der Waals surface area contributed by atoms with Gasteiger partial charge in [0, 0.05) is 0 Å². The predicted molar refractivity (Wildman–Crippen MR) is 202 cm³/mol. The first-order chi connectivity index (χ1) is 21.8. The third kappa shape index (κ3) is 27.2. The summed E-state index contributed by atoms with van der Waals surface area (Å²) < 4.78 is 0. The van der Waals surface area contributed by atoms with E-state index in [4.69, 9.17) is 0 Å². The molecule has 0 bridgehead atoms. The summed E-state index contributed by atoms with van der Waals surface area (Å²) >= 11 is 0. The van der Waals surface area contributed by atoms with Gasteiger partial charge in [0.2, 0.25) is 0 Å². The van der Waals surface area contributed by atoms with E-state index in [9.17, 15) is 0 Å². The minimum atomic E-state index is 1.00. The van der Waals surface area contributed by atoms with Crippen LogP contribution in [0.1, 0.15) is 194 Å². The van der Waals surface area contributed by atoms with Gasteiger partial charge in [0.15, 0.2) is 0 Å². The molecule has 0 aliphatic carbocycles. The Hall–Kier alpha value is -1.08. The molecule has 1 nitrogen and oxygen atoms in total. The smallest absolute Gasteiger partial charge is 0.00190 e. The van der Waals surface area contributed by atoms with Gasteiger partial charge in [-0.25, -0.2) is 0 Å². The summed E-state index contributed by atoms with van der Waals surface area (Å²) in [7, 11) is 2.32. The molecular formula is C43H79N. The summed E-state index contributed by atoms with van der Waals surface area (Å²) in [5, 5.41) is 0. The van der Waals surface area contributed by atoms with E-state index in [0.717, 1.165) is 24.7 Å². The van der Waals surface area contributed by atoms with Crippen molar-refractivity contribution >= 4 is 0 Å². The maximum Gasteiger partial charge on any atom is -0.00190 e. The Morgan fingerprint density at radius 3 is 1.18 bits per heavy atom. The van der Waals surface area contributed by atoms with Crippen molar-refractivity contribution in [3.8, 4) is 0 Å². The quantitative estimate of drug-likeness (QED) is 0.0558. The molecule has 0 radical (unpaired) electrons. The molecule has 0 saturated carbocycles. The fourth-order valence-electron chi connectivity index (χ4n) is 6.91. The average molecular weight is 610 g/mol. The van der Waals surface area contributed by atoms with Gasteiger partial charge in [0.25, 0.3) is 0 Å². The molecule has 0 aromatic heterocycles. The van der Waals surface area contributed by atoms with Gasteiger partial charge in [-0.15, -0.1) is 0 Å². The van der Waals surface area contributed by atoms with Crippen LogP contribution >= 0.6 is 0 Å². The molecule has 0 atom stereocenters. The van der Waals surface area contributed by atoms with Gasteiger partial charge in [-0.05, 0) is 109 Å². The van der Waals surface area contributed by atoms with E-state index in [1.807, 2.05) is 0 Å². The number of piperidine rings is 1. The van der Waals surface area contributed by atoms with Crippen molar-refractivity contribution in [2.24, 2.45) is 11.8 Å². The summed E-state index contributed by atoms with van der Waals surface area (Å²) in [6.45, 7) is 7.21. The highest BCUT2D eigenvalue weighted by Gasteiger charge is 2.24. The second-order valence-electron chi connectivity index (χ2n) is 14.1. The van der Waals surface area contributed by atoms with Crippen LogP contribution in [0.15, 0.2) is 48.6 Å². The fraction of sp³-hybridized carbons (Fsp3) is 0.814. The van der Waals surface area contributed by atoms with E-state index in [0.29, 0.717) is 0 Å². The van der Waals surface area contributed by atoms with Crippen molar-refractivity contribution in [2.45, 2.75) is 194 Å².